The maximum atomic E-state index is 15.5. The Morgan fingerprint density at radius 1 is 1.26 bits per heavy atom. The van der Waals surface area contributed by atoms with Gasteiger partial charge in [-0.2, -0.15) is 13.2 Å². The molecule has 0 radical (unpaired) electrons. The Hall–Kier alpha value is -2.34. The predicted molar refractivity (Wildman–Crippen MR) is 104 cm³/mol. The highest BCUT2D eigenvalue weighted by atomic mass is 19.4. The van der Waals surface area contributed by atoms with Crippen molar-refractivity contribution in [3.8, 4) is 0 Å². The monoisotopic (exact) mass is 447 g/mol. The topological polar surface area (TPSA) is 119 Å². The van der Waals surface area contributed by atoms with Crippen molar-refractivity contribution in [1.29, 1.82) is 0 Å². The van der Waals surface area contributed by atoms with Gasteiger partial charge < -0.3 is 16.2 Å². The van der Waals surface area contributed by atoms with Crippen LogP contribution in [0.3, 0.4) is 0 Å². The van der Waals surface area contributed by atoms with Gasteiger partial charge >= 0.3 is 11.9 Å². The van der Waals surface area contributed by atoms with E-state index in [0.29, 0.717) is 6.42 Å². The summed E-state index contributed by atoms with van der Waals surface area (Å²) in [6.45, 7) is 0.405. The fraction of sp³-hybridized carbons (Fsp3) is 0.684. The number of aromatic amines is 1. The van der Waals surface area contributed by atoms with Crippen LogP contribution < -0.4 is 33.3 Å². The number of alkyl halides is 4. The third-order valence-electron chi connectivity index (χ3n) is 6.36. The Morgan fingerprint density at radius 2 is 1.94 bits per heavy atom. The molecule has 1 saturated heterocycles. The number of aromatic nitrogens is 2. The summed E-state index contributed by atoms with van der Waals surface area (Å²) in [7, 11) is 1.31. The van der Waals surface area contributed by atoms with Gasteiger partial charge in [0.15, 0.2) is 6.17 Å². The molecule has 4 rings (SSSR count). The minimum atomic E-state index is -4.39. The summed E-state index contributed by atoms with van der Waals surface area (Å²) in [6, 6.07) is -2.33. The number of ether oxygens (including phenoxy) is 1. The zero-order chi connectivity index (χ0) is 22.7. The largest absolute Gasteiger partial charge is 0.497 e. The van der Waals surface area contributed by atoms with Gasteiger partial charge in [-0.1, -0.05) is 0 Å². The molecule has 172 valence electrons. The van der Waals surface area contributed by atoms with Crippen molar-refractivity contribution in [2.24, 2.45) is 17.4 Å². The molecule has 4 unspecified atom stereocenters. The molecule has 1 saturated carbocycles. The molecule has 0 bridgehead atoms. The van der Waals surface area contributed by atoms with E-state index >= 15 is 4.39 Å². The zero-order valence-corrected chi connectivity index (χ0v) is 16.9. The van der Waals surface area contributed by atoms with Crippen molar-refractivity contribution < 1.29 is 22.3 Å². The molecule has 4 atom stereocenters. The second-order valence-electron chi connectivity index (χ2n) is 8.48. The van der Waals surface area contributed by atoms with Crippen LogP contribution in [0.2, 0.25) is 0 Å². The van der Waals surface area contributed by atoms with Crippen LogP contribution in [0.4, 0.5) is 17.6 Å². The number of hydrogen-bond donors (Lipinski definition) is 3. The van der Waals surface area contributed by atoms with Crippen molar-refractivity contribution in [2.75, 3.05) is 20.2 Å². The van der Waals surface area contributed by atoms with Crippen molar-refractivity contribution in [3.05, 3.63) is 31.4 Å². The van der Waals surface area contributed by atoms with Gasteiger partial charge in [-0.05, 0) is 31.7 Å². The van der Waals surface area contributed by atoms with E-state index < -0.39 is 48.0 Å². The third-order valence-corrected chi connectivity index (χ3v) is 6.36. The fourth-order valence-corrected chi connectivity index (χ4v) is 4.74. The minimum absolute atomic E-state index is 0.0804. The Kier molecular flexibility index (Phi) is 5.41. The van der Waals surface area contributed by atoms with Crippen LogP contribution in [-0.2, 0) is 4.74 Å². The molecule has 0 spiro atoms. The van der Waals surface area contributed by atoms with E-state index in [1.54, 1.807) is 4.90 Å². The molecule has 2 aliphatic carbocycles. The van der Waals surface area contributed by atoms with Crippen LogP contribution in [0.15, 0.2) is 9.59 Å². The second-order valence-corrected chi connectivity index (χ2v) is 8.48. The Labute approximate surface area is 174 Å². The lowest BCUT2D eigenvalue weighted by Crippen LogP contribution is -2.63. The van der Waals surface area contributed by atoms with Gasteiger partial charge in [0.1, 0.15) is 11.8 Å². The summed E-state index contributed by atoms with van der Waals surface area (Å²) >= 11 is 0. The maximum Gasteiger partial charge on any atom is 0.390 e. The first-order chi connectivity index (χ1) is 14.5. The molecule has 3 aliphatic rings. The summed E-state index contributed by atoms with van der Waals surface area (Å²) in [5, 5.41) is 0.0230. The van der Waals surface area contributed by atoms with Crippen LogP contribution in [0.5, 0.6) is 0 Å². The quantitative estimate of drug-likeness (QED) is 0.499. The summed E-state index contributed by atoms with van der Waals surface area (Å²) < 4.78 is 60.6. The van der Waals surface area contributed by atoms with Gasteiger partial charge in [0.05, 0.1) is 29.8 Å². The van der Waals surface area contributed by atoms with Gasteiger partial charge in [-0.25, -0.2) is 9.18 Å². The molecule has 1 aromatic rings. The lowest BCUT2D eigenvalue weighted by molar-refractivity contribution is -0.140. The second kappa shape index (κ2) is 7.66. The summed E-state index contributed by atoms with van der Waals surface area (Å²) in [4.78, 5) is 28.8. The van der Waals surface area contributed by atoms with Gasteiger partial charge in [0.2, 0.25) is 0 Å². The Morgan fingerprint density at radius 3 is 2.52 bits per heavy atom. The molecular formula is C19H25F4N5O3. The Bertz CT molecular complexity index is 1110. The molecule has 1 aliphatic heterocycles. The fourth-order valence-electron chi connectivity index (χ4n) is 4.74. The highest BCUT2D eigenvalue weighted by Crippen LogP contribution is 2.34. The number of fused-ring (bicyclic) bond motifs is 1. The normalized spacial score (nSPS) is 28.0. The number of halogens is 4. The van der Waals surface area contributed by atoms with Gasteiger partial charge in [0, 0.05) is 18.6 Å². The molecule has 31 heavy (non-hydrogen) atoms. The average molecular weight is 447 g/mol. The van der Waals surface area contributed by atoms with E-state index in [-0.39, 0.29) is 41.2 Å². The first-order valence-electron chi connectivity index (χ1n) is 10.2. The van der Waals surface area contributed by atoms with Crippen LogP contribution in [0.25, 0.3) is 11.5 Å². The summed E-state index contributed by atoms with van der Waals surface area (Å²) in [6.07, 6.45) is -5.54. The molecular weight excluding hydrogens is 422 g/mol. The summed E-state index contributed by atoms with van der Waals surface area (Å²) in [5.41, 5.74) is 10.1. The summed E-state index contributed by atoms with van der Waals surface area (Å²) in [5.74, 6) is -0.406. The van der Waals surface area contributed by atoms with E-state index in [4.69, 9.17) is 16.2 Å². The van der Waals surface area contributed by atoms with E-state index in [2.05, 4.69) is 4.98 Å². The molecule has 8 nitrogen and oxygen atoms in total. The van der Waals surface area contributed by atoms with Crippen molar-refractivity contribution in [1.82, 2.24) is 14.5 Å². The highest BCUT2D eigenvalue weighted by molar-refractivity contribution is 5.60. The molecule has 0 amide bonds. The molecule has 5 N–H and O–H groups in total. The minimum Gasteiger partial charge on any atom is -0.497 e. The van der Waals surface area contributed by atoms with E-state index in [1.165, 1.54) is 11.7 Å². The molecule has 2 fully saturated rings. The number of likely N-dealkylation sites (tertiary alicyclic amines) is 1. The first-order valence-corrected chi connectivity index (χ1v) is 10.2. The van der Waals surface area contributed by atoms with E-state index in [1.807, 2.05) is 0 Å². The Balaban J connectivity index is 1.79. The van der Waals surface area contributed by atoms with E-state index in [9.17, 15) is 22.8 Å². The zero-order valence-electron chi connectivity index (χ0n) is 16.9. The third kappa shape index (κ3) is 3.86. The molecule has 12 heteroatoms. The first kappa shape index (κ1) is 21.9. The predicted octanol–water partition coefficient (Wildman–Crippen LogP) is -0.985. The van der Waals surface area contributed by atoms with Gasteiger partial charge in [-0.15, -0.1) is 0 Å². The molecule has 2 heterocycles. The maximum absolute atomic E-state index is 15.5. The van der Waals surface area contributed by atoms with Crippen LogP contribution in [-0.4, -0.2) is 59.1 Å². The van der Waals surface area contributed by atoms with Gasteiger partial charge in [0.25, 0.3) is 5.56 Å². The number of rotatable bonds is 5. The number of nitrogens with one attached hydrogen (secondary N) is 1. The lowest BCUT2D eigenvalue weighted by atomic mass is 9.96. The highest BCUT2D eigenvalue weighted by Gasteiger charge is 2.44. The van der Waals surface area contributed by atoms with Gasteiger partial charge in [-0.3, -0.25) is 19.2 Å². The molecule has 1 aromatic heterocycles. The number of nitrogens with zero attached hydrogens (tertiary/aromatic N) is 2. The molecule has 0 aromatic carbocycles. The standard InChI is InChI=1S/C19H25F4N5O3/c1-31-16-14-11(17(29)26-18(30)28(14)9-2-3-9)13(25)12(20)15(16)27-5-4-8(7-27)10(24)6-19(21,22)23/h8-10,12,15H,2-7,24-25H2,1H3,(H,26,29,30). The average Bonchev–Trinajstić information content (AvgIpc) is 3.37. The number of methoxy groups -OCH3 is 1. The van der Waals surface area contributed by atoms with Crippen LogP contribution >= 0.6 is 0 Å². The number of nitrogens with two attached hydrogens (primary N) is 2. The number of H-pyrrole nitrogens is 1. The van der Waals surface area contributed by atoms with Crippen molar-refractivity contribution >= 4 is 11.5 Å². The lowest BCUT2D eigenvalue weighted by Gasteiger charge is -2.34. The van der Waals surface area contributed by atoms with E-state index in [0.717, 1.165) is 12.8 Å². The smallest absolute Gasteiger partial charge is 0.390 e. The van der Waals surface area contributed by atoms with Crippen LogP contribution in [0.1, 0.15) is 31.7 Å². The number of hydrogen-bond acceptors (Lipinski definition) is 6. The van der Waals surface area contributed by atoms with Crippen molar-refractivity contribution in [3.63, 3.8) is 0 Å². The SMILES string of the molecule is COC1=c2c(c(=O)[nH]c(=O)n2C2CC2)=C(N)C(F)C1N1CCC(C(N)CC(F)(F)F)C1. The van der Waals surface area contributed by atoms with Crippen molar-refractivity contribution in [2.45, 2.75) is 56.2 Å². The van der Waals surface area contributed by atoms with Crippen LogP contribution in [0, 0.1) is 5.92 Å².